The standard InChI is InChI=1S/C24H27N3O4/c1-17(28)18-8-7-9-19(14-18)25-23(29)16-27-15-22(24(30)26-12-5-2-6-13-26)31-21-11-4-3-10-20(21)27/h3-4,7-11,14,22H,2,5-6,12-13,15-16H2,1H3,(H,25,29). The Morgan fingerprint density at radius 3 is 2.58 bits per heavy atom. The Kier molecular flexibility index (Phi) is 6.21. The number of para-hydroxylation sites is 2. The summed E-state index contributed by atoms with van der Waals surface area (Å²) in [7, 11) is 0. The highest BCUT2D eigenvalue weighted by Crippen LogP contribution is 2.33. The van der Waals surface area contributed by atoms with E-state index in [4.69, 9.17) is 4.74 Å². The minimum Gasteiger partial charge on any atom is -0.477 e. The fraction of sp³-hybridized carbons (Fsp3) is 0.375. The maximum atomic E-state index is 13.0. The first kappa shape index (κ1) is 20.9. The number of carbonyl (C=O) groups is 3. The van der Waals surface area contributed by atoms with Gasteiger partial charge in [-0.2, -0.15) is 0 Å². The van der Waals surface area contributed by atoms with Crippen LogP contribution in [0.2, 0.25) is 0 Å². The molecule has 7 heteroatoms. The molecular weight excluding hydrogens is 394 g/mol. The molecule has 0 saturated carbocycles. The Balaban J connectivity index is 1.48. The Hall–Kier alpha value is -3.35. The maximum Gasteiger partial charge on any atom is 0.265 e. The minimum atomic E-state index is -0.637. The van der Waals surface area contributed by atoms with E-state index in [-0.39, 0.29) is 24.1 Å². The summed E-state index contributed by atoms with van der Waals surface area (Å²) in [5, 5.41) is 2.85. The maximum absolute atomic E-state index is 13.0. The van der Waals surface area contributed by atoms with Gasteiger partial charge in [-0.3, -0.25) is 14.4 Å². The van der Waals surface area contributed by atoms with Crippen molar-refractivity contribution in [3.63, 3.8) is 0 Å². The number of anilines is 2. The number of rotatable bonds is 5. The zero-order valence-corrected chi connectivity index (χ0v) is 17.7. The van der Waals surface area contributed by atoms with Gasteiger partial charge in [-0.15, -0.1) is 0 Å². The average Bonchev–Trinajstić information content (AvgIpc) is 2.79. The summed E-state index contributed by atoms with van der Waals surface area (Å²) < 4.78 is 6.02. The first-order valence-electron chi connectivity index (χ1n) is 10.7. The molecule has 1 N–H and O–H groups in total. The quantitative estimate of drug-likeness (QED) is 0.751. The molecular formula is C24H27N3O4. The zero-order chi connectivity index (χ0) is 21.8. The molecule has 2 aromatic rings. The molecule has 2 heterocycles. The van der Waals surface area contributed by atoms with Crippen molar-refractivity contribution in [2.75, 3.05) is 36.4 Å². The van der Waals surface area contributed by atoms with Crippen LogP contribution in [0.15, 0.2) is 48.5 Å². The van der Waals surface area contributed by atoms with Crippen LogP contribution in [0.5, 0.6) is 5.75 Å². The average molecular weight is 421 g/mol. The van der Waals surface area contributed by atoms with Gasteiger partial charge in [0.2, 0.25) is 5.91 Å². The van der Waals surface area contributed by atoms with Crippen molar-refractivity contribution in [1.29, 1.82) is 0 Å². The Labute approximate surface area is 182 Å². The molecule has 2 aromatic carbocycles. The van der Waals surface area contributed by atoms with Gasteiger partial charge in [-0.05, 0) is 50.5 Å². The molecule has 1 fully saturated rings. The highest BCUT2D eigenvalue weighted by atomic mass is 16.5. The van der Waals surface area contributed by atoms with E-state index in [0.29, 0.717) is 23.5 Å². The molecule has 0 aliphatic carbocycles. The van der Waals surface area contributed by atoms with E-state index >= 15 is 0 Å². The molecule has 4 rings (SSSR count). The summed E-state index contributed by atoms with van der Waals surface area (Å²) in [5.41, 5.74) is 1.90. The number of Topliss-reactive ketones (excluding diaryl/α,β-unsaturated/α-hetero) is 1. The van der Waals surface area contributed by atoms with Crippen LogP contribution in [0.25, 0.3) is 0 Å². The first-order chi connectivity index (χ1) is 15.0. The third kappa shape index (κ3) is 4.87. The number of nitrogens with zero attached hydrogens (tertiary/aromatic N) is 2. The van der Waals surface area contributed by atoms with Gasteiger partial charge in [0.05, 0.1) is 18.8 Å². The number of ether oxygens (including phenoxy) is 1. The lowest BCUT2D eigenvalue weighted by molar-refractivity contribution is -0.139. The number of ketones is 1. The van der Waals surface area contributed by atoms with Gasteiger partial charge in [-0.1, -0.05) is 24.3 Å². The van der Waals surface area contributed by atoms with E-state index in [0.717, 1.165) is 38.0 Å². The number of amides is 2. The Morgan fingerprint density at radius 1 is 1.03 bits per heavy atom. The molecule has 2 aliphatic rings. The van der Waals surface area contributed by atoms with Gasteiger partial charge in [0, 0.05) is 24.3 Å². The first-order valence-corrected chi connectivity index (χ1v) is 10.7. The van der Waals surface area contributed by atoms with Crippen LogP contribution in [0.4, 0.5) is 11.4 Å². The number of nitrogens with one attached hydrogen (secondary N) is 1. The van der Waals surface area contributed by atoms with Crippen LogP contribution in [0.3, 0.4) is 0 Å². The van der Waals surface area contributed by atoms with Crippen LogP contribution in [-0.2, 0) is 9.59 Å². The van der Waals surface area contributed by atoms with Gasteiger partial charge in [-0.25, -0.2) is 0 Å². The van der Waals surface area contributed by atoms with Gasteiger partial charge in [0.1, 0.15) is 5.75 Å². The van der Waals surface area contributed by atoms with Crippen molar-refractivity contribution in [1.82, 2.24) is 4.90 Å². The molecule has 2 amide bonds. The molecule has 1 saturated heterocycles. The van der Waals surface area contributed by atoms with Crippen molar-refractivity contribution < 1.29 is 19.1 Å². The predicted molar refractivity (Wildman–Crippen MR) is 119 cm³/mol. The molecule has 7 nitrogen and oxygen atoms in total. The summed E-state index contributed by atoms with van der Waals surface area (Å²) in [5.74, 6) is 0.308. The van der Waals surface area contributed by atoms with E-state index in [2.05, 4.69) is 5.32 Å². The van der Waals surface area contributed by atoms with Crippen molar-refractivity contribution in [3.8, 4) is 5.75 Å². The largest absolute Gasteiger partial charge is 0.477 e. The number of carbonyl (C=O) groups excluding carboxylic acids is 3. The fourth-order valence-electron chi connectivity index (χ4n) is 4.09. The summed E-state index contributed by atoms with van der Waals surface area (Å²) in [6.45, 7) is 3.40. The summed E-state index contributed by atoms with van der Waals surface area (Å²) in [6.07, 6.45) is 2.54. The second kappa shape index (κ2) is 9.20. The third-order valence-electron chi connectivity index (χ3n) is 5.69. The fourth-order valence-corrected chi connectivity index (χ4v) is 4.09. The lowest BCUT2D eigenvalue weighted by Gasteiger charge is -2.38. The van der Waals surface area contributed by atoms with E-state index in [1.807, 2.05) is 34.1 Å². The Bertz CT molecular complexity index is 984. The van der Waals surface area contributed by atoms with Crippen LogP contribution in [0.1, 0.15) is 36.5 Å². The Morgan fingerprint density at radius 2 is 1.81 bits per heavy atom. The van der Waals surface area contributed by atoms with Crippen LogP contribution in [-0.4, -0.2) is 54.8 Å². The molecule has 31 heavy (non-hydrogen) atoms. The van der Waals surface area contributed by atoms with Crippen molar-refractivity contribution in [3.05, 3.63) is 54.1 Å². The summed E-state index contributed by atoms with van der Waals surface area (Å²) >= 11 is 0. The summed E-state index contributed by atoms with van der Waals surface area (Å²) in [6, 6.07) is 14.3. The van der Waals surface area contributed by atoms with E-state index in [1.165, 1.54) is 6.92 Å². The number of likely N-dealkylation sites (tertiary alicyclic amines) is 1. The van der Waals surface area contributed by atoms with Crippen LogP contribution < -0.4 is 15.0 Å². The van der Waals surface area contributed by atoms with Gasteiger partial charge in [0.15, 0.2) is 11.9 Å². The van der Waals surface area contributed by atoms with Crippen LogP contribution >= 0.6 is 0 Å². The number of hydrogen-bond acceptors (Lipinski definition) is 5. The molecule has 0 aromatic heterocycles. The highest BCUT2D eigenvalue weighted by molar-refractivity contribution is 5.98. The van der Waals surface area contributed by atoms with Gasteiger partial charge >= 0.3 is 0 Å². The smallest absolute Gasteiger partial charge is 0.265 e. The molecule has 0 radical (unpaired) electrons. The van der Waals surface area contributed by atoms with Crippen molar-refractivity contribution >= 4 is 29.0 Å². The normalized spacial score (nSPS) is 18.0. The highest BCUT2D eigenvalue weighted by Gasteiger charge is 2.34. The molecule has 0 bridgehead atoms. The SMILES string of the molecule is CC(=O)c1cccc(NC(=O)CN2CC(C(=O)N3CCCCC3)Oc3ccccc32)c1. The van der Waals surface area contributed by atoms with Crippen LogP contribution in [0, 0.1) is 0 Å². The lowest BCUT2D eigenvalue weighted by Crippen LogP contribution is -2.52. The molecule has 1 unspecified atom stereocenters. The molecule has 1 atom stereocenters. The second-order valence-electron chi connectivity index (χ2n) is 8.03. The van der Waals surface area contributed by atoms with Gasteiger partial charge < -0.3 is 19.9 Å². The second-order valence-corrected chi connectivity index (χ2v) is 8.03. The van der Waals surface area contributed by atoms with Crippen molar-refractivity contribution in [2.24, 2.45) is 0 Å². The topological polar surface area (TPSA) is 79.0 Å². The zero-order valence-electron chi connectivity index (χ0n) is 17.7. The number of hydrogen-bond donors (Lipinski definition) is 1. The summed E-state index contributed by atoms with van der Waals surface area (Å²) in [4.78, 5) is 41.2. The molecule has 162 valence electrons. The van der Waals surface area contributed by atoms with Gasteiger partial charge in [0.25, 0.3) is 5.91 Å². The van der Waals surface area contributed by atoms with E-state index in [9.17, 15) is 14.4 Å². The monoisotopic (exact) mass is 421 g/mol. The molecule has 0 spiro atoms. The predicted octanol–water partition coefficient (Wildman–Crippen LogP) is 3.11. The third-order valence-corrected chi connectivity index (χ3v) is 5.69. The number of benzene rings is 2. The number of fused-ring (bicyclic) bond motifs is 1. The minimum absolute atomic E-state index is 0.0197. The van der Waals surface area contributed by atoms with Crippen molar-refractivity contribution in [2.45, 2.75) is 32.3 Å². The van der Waals surface area contributed by atoms with E-state index < -0.39 is 6.10 Å². The lowest BCUT2D eigenvalue weighted by atomic mass is 10.1. The number of piperidine rings is 1. The molecule has 2 aliphatic heterocycles. The van der Waals surface area contributed by atoms with E-state index in [1.54, 1.807) is 24.3 Å².